The molecule has 0 aliphatic carbocycles. The van der Waals surface area contributed by atoms with Gasteiger partial charge in [-0.15, -0.1) is 12.8 Å². The first kappa shape index (κ1) is 11.6. The Balaban J connectivity index is 0. The minimum Gasteiger partial charge on any atom is -0.508 e. The zero-order valence-electron chi connectivity index (χ0n) is 6.54. The molecule has 0 unspecified atom stereocenters. The van der Waals surface area contributed by atoms with Crippen LogP contribution in [0.5, 0.6) is 0 Å². The molecule has 0 amide bonds. The van der Waals surface area contributed by atoms with Gasteiger partial charge in [-0.3, -0.25) is 0 Å². The average molecular weight is 138 g/mol. The van der Waals surface area contributed by atoms with E-state index in [-0.39, 0.29) is 0 Å². The molecule has 10 heavy (non-hydrogen) atoms. The standard InChI is InChI=1S/C7H12O.C2H2/c1-3-5-6-7(8)4-2;1-2/h4-6,8H,3H2,1-2H3;1-2H/b6-5-,7-4+;. The van der Waals surface area contributed by atoms with Gasteiger partial charge in [0.05, 0.1) is 0 Å². The lowest BCUT2D eigenvalue weighted by Crippen LogP contribution is -1.68. The van der Waals surface area contributed by atoms with Crippen molar-refractivity contribution in [3.05, 3.63) is 24.0 Å². The van der Waals surface area contributed by atoms with Gasteiger partial charge < -0.3 is 5.11 Å². The highest BCUT2D eigenvalue weighted by atomic mass is 16.3. The third kappa shape index (κ3) is 9.96. The summed E-state index contributed by atoms with van der Waals surface area (Å²) in [5, 5.41) is 8.76. The third-order valence-corrected chi connectivity index (χ3v) is 0.820. The van der Waals surface area contributed by atoms with Crippen LogP contribution < -0.4 is 0 Å². The van der Waals surface area contributed by atoms with Gasteiger partial charge in [0.25, 0.3) is 0 Å². The summed E-state index contributed by atoms with van der Waals surface area (Å²) in [5.74, 6) is 0.340. The Morgan fingerprint density at radius 3 is 2.30 bits per heavy atom. The minimum absolute atomic E-state index is 0.340. The van der Waals surface area contributed by atoms with Crippen LogP contribution in [0.1, 0.15) is 20.3 Å². The maximum Gasteiger partial charge on any atom is 0.110 e. The molecule has 0 aromatic rings. The largest absolute Gasteiger partial charge is 0.508 e. The molecule has 0 aromatic carbocycles. The summed E-state index contributed by atoms with van der Waals surface area (Å²) in [6.07, 6.45) is 14.2. The fourth-order valence-electron chi connectivity index (χ4n) is 0.335. The molecule has 0 aliphatic heterocycles. The Kier molecular flexibility index (Phi) is 12.5. The summed E-state index contributed by atoms with van der Waals surface area (Å²) in [7, 11) is 0. The summed E-state index contributed by atoms with van der Waals surface area (Å²) < 4.78 is 0. The molecule has 0 fully saturated rings. The Morgan fingerprint density at radius 1 is 1.50 bits per heavy atom. The summed E-state index contributed by atoms with van der Waals surface area (Å²) in [6.45, 7) is 3.83. The second kappa shape index (κ2) is 10.8. The molecule has 1 N–H and O–H groups in total. The van der Waals surface area contributed by atoms with E-state index in [9.17, 15) is 0 Å². The van der Waals surface area contributed by atoms with E-state index in [4.69, 9.17) is 5.11 Å². The van der Waals surface area contributed by atoms with Crippen molar-refractivity contribution in [1.82, 2.24) is 0 Å². The van der Waals surface area contributed by atoms with E-state index < -0.39 is 0 Å². The molecular formula is C9H14O. The van der Waals surface area contributed by atoms with E-state index in [1.165, 1.54) is 0 Å². The van der Waals surface area contributed by atoms with Crippen LogP contribution >= 0.6 is 0 Å². The quantitative estimate of drug-likeness (QED) is 0.353. The Bertz CT molecular complexity index is 129. The summed E-state index contributed by atoms with van der Waals surface area (Å²) >= 11 is 0. The highest BCUT2D eigenvalue weighted by molar-refractivity contribution is 5.08. The van der Waals surface area contributed by atoms with E-state index >= 15 is 0 Å². The maximum absolute atomic E-state index is 8.76. The van der Waals surface area contributed by atoms with Gasteiger partial charge in [0.15, 0.2) is 0 Å². The van der Waals surface area contributed by atoms with Crippen molar-refractivity contribution in [2.24, 2.45) is 0 Å². The topological polar surface area (TPSA) is 20.2 Å². The number of hydrogen-bond donors (Lipinski definition) is 1. The van der Waals surface area contributed by atoms with Crippen molar-refractivity contribution in [1.29, 1.82) is 0 Å². The molecule has 0 aliphatic rings. The van der Waals surface area contributed by atoms with Crippen molar-refractivity contribution in [2.75, 3.05) is 0 Å². The van der Waals surface area contributed by atoms with Crippen LogP contribution in [0.15, 0.2) is 24.0 Å². The molecule has 1 heteroatoms. The number of rotatable bonds is 2. The molecular weight excluding hydrogens is 124 g/mol. The monoisotopic (exact) mass is 138 g/mol. The SMILES string of the molecule is C#C.C/C=C(O)\C=C/CC. The second-order valence-electron chi connectivity index (χ2n) is 1.52. The van der Waals surface area contributed by atoms with Crippen LogP contribution in [-0.4, -0.2) is 5.11 Å². The lowest BCUT2D eigenvalue weighted by Gasteiger charge is -1.83. The highest BCUT2D eigenvalue weighted by Crippen LogP contribution is 1.90. The second-order valence-corrected chi connectivity index (χ2v) is 1.52. The van der Waals surface area contributed by atoms with E-state index in [0.29, 0.717) is 5.76 Å². The number of allylic oxidation sites excluding steroid dienone is 3. The normalized spacial score (nSPS) is 10.6. The highest BCUT2D eigenvalue weighted by Gasteiger charge is 1.75. The van der Waals surface area contributed by atoms with Crippen LogP contribution in [0.3, 0.4) is 0 Å². The molecule has 0 spiro atoms. The minimum atomic E-state index is 0.340. The van der Waals surface area contributed by atoms with E-state index in [1.54, 1.807) is 19.1 Å². The fourth-order valence-corrected chi connectivity index (χ4v) is 0.335. The molecule has 0 saturated carbocycles. The number of aliphatic hydroxyl groups excluding tert-OH is 1. The van der Waals surface area contributed by atoms with E-state index in [2.05, 4.69) is 12.8 Å². The van der Waals surface area contributed by atoms with Gasteiger partial charge in [0.2, 0.25) is 0 Å². The average Bonchev–Trinajstić information content (AvgIpc) is 2.04. The Labute approximate surface area is 63.1 Å². The summed E-state index contributed by atoms with van der Waals surface area (Å²) in [5.41, 5.74) is 0. The summed E-state index contributed by atoms with van der Waals surface area (Å²) in [6, 6.07) is 0. The third-order valence-electron chi connectivity index (χ3n) is 0.820. The first-order chi connectivity index (χ1) is 4.81. The van der Waals surface area contributed by atoms with Crippen molar-refractivity contribution in [2.45, 2.75) is 20.3 Å². The van der Waals surface area contributed by atoms with Crippen LogP contribution in [0.4, 0.5) is 0 Å². The lowest BCUT2D eigenvalue weighted by molar-refractivity contribution is 0.431. The zero-order chi connectivity index (χ0) is 8.41. The van der Waals surface area contributed by atoms with Gasteiger partial charge in [-0.1, -0.05) is 13.0 Å². The molecule has 0 atom stereocenters. The molecule has 1 nitrogen and oxygen atoms in total. The number of hydrogen-bond acceptors (Lipinski definition) is 1. The van der Waals surface area contributed by atoms with Crippen molar-refractivity contribution >= 4 is 0 Å². The zero-order valence-corrected chi connectivity index (χ0v) is 6.54. The molecule has 0 heterocycles. The number of terminal acetylenes is 1. The summed E-state index contributed by atoms with van der Waals surface area (Å²) in [4.78, 5) is 0. The predicted molar refractivity (Wildman–Crippen MR) is 45.7 cm³/mol. The van der Waals surface area contributed by atoms with Crippen molar-refractivity contribution in [3.63, 3.8) is 0 Å². The predicted octanol–water partition coefficient (Wildman–Crippen LogP) is 2.66. The molecule has 0 saturated heterocycles. The molecule has 0 aromatic heterocycles. The van der Waals surface area contributed by atoms with Crippen LogP contribution in [0.2, 0.25) is 0 Å². The van der Waals surface area contributed by atoms with Crippen LogP contribution in [-0.2, 0) is 0 Å². The van der Waals surface area contributed by atoms with E-state index in [1.807, 2.05) is 13.0 Å². The van der Waals surface area contributed by atoms with Crippen LogP contribution in [0.25, 0.3) is 0 Å². The van der Waals surface area contributed by atoms with Gasteiger partial charge in [-0.2, -0.15) is 0 Å². The Morgan fingerprint density at radius 2 is 2.00 bits per heavy atom. The van der Waals surface area contributed by atoms with Gasteiger partial charge in [-0.05, 0) is 25.5 Å². The lowest BCUT2D eigenvalue weighted by atomic mass is 10.3. The van der Waals surface area contributed by atoms with Gasteiger partial charge >= 0.3 is 0 Å². The van der Waals surface area contributed by atoms with E-state index in [0.717, 1.165) is 6.42 Å². The van der Waals surface area contributed by atoms with Crippen LogP contribution in [0, 0.1) is 12.8 Å². The maximum atomic E-state index is 8.76. The first-order valence-electron chi connectivity index (χ1n) is 3.16. The van der Waals surface area contributed by atoms with Gasteiger partial charge in [0, 0.05) is 0 Å². The molecule has 0 radical (unpaired) electrons. The Hall–Kier alpha value is -1.16. The molecule has 56 valence electrons. The molecule has 0 rings (SSSR count). The smallest absolute Gasteiger partial charge is 0.110 e. The molecule has 0 bridgehead atoms. The van der Waals surface area contributed by atoms with Gasteiger partial charge in [-0.25, -0.2) is 0 Å². The fraction of sp³-hybridized carbons (Fsp3) is 0.333. The number of aliphatic hydroxyl groups is 1. The first-order valence-corrected chi connectivity index (χ1v) is 3.16. The van der Waals surface area contributed by atoms with Crippen molar-refractivity contribution in [3.8, 4) is 12.8 Å². The van der Waals surface area contributed by atoms with Gasteiger partial charge in [0.1, 0.15) is 5.76 Å². The van der Waals surface area contributed by atoms with Crippen molar-refractivity contribution < 1.29 is 5.11 Å².